The lowest BCUT2D eigenvalue weighted by Gasteiger charge is -2.37. The van der Waals surface area contributed by atoms with Gasteiger partial charge in [0, 0.05) is 39.0 Å². The Labute approximate surface area is 288 Å². The predicted octanol–water partition coefficient (Wildman–Crippen LogP) is 4.91. The quantitative estimate of drug-likeness (QED) is 0.202. The molecule has 2 saturated heterocycles. The smallest absolute Gasteiger partial charge is 0.341 e. The highest BCUT2D eigenvalue weighted by Crippen LogP contribution is 2.41. The summed E-state index contributed by atoms with van der Waals surface area (Å²) in [7, 11) is 4.59. The Hall–Kier alpha value is -3.74. The fourth-order valence-corrected chi connectivity index (χ4v) is 6.08. The minimum absolute atomic E-state index is 0.160. The lowest BCUT2D eigenvalue weighted by molar-refractivity contribution is -0.163. The summed E-state index contributed by atoms with van der Waals surface area (Å²) in [4.78, 5) is 43.1. The highest BCUT2D eigenvalue weighted by molar-refractivity contribution is 6.15. The molecule has 0 radical (unpaired) electrons. The van der Waals surface area contributed by atoms with Gasteiger partial charge in [-0.15, -0.1) is 11.6 Å². The number of morpholine rings is 1. The fourth-order valence-electron chi connectivity index (χ4n) is 6.08. The first-order chi connectivity index (χ1) is 23.3. The maximum absolute atomic E-state index is 14.2. The van der Waals surface area contributed by atoms with Crippen LogP contribution >= 0.6 is 11.6 Å². The number of methoxy groups -OCH3 is 3. The molecule has 2 aliphatic heterocycles. The maximum atomic E-state index is 14.2. The van der Waals surface area contributed by atoms with Crippen LogP contribution in [0, 0.1) is 0 Å². The van der Waals surface area contributed by atoms with Crippen LogP contribution in [-0.4, -0.2) is 113 Å². The summed E-state index contributed by atoms with van der Waals surface area (Å²) in [5.74, 6) is -0.523. The third kappa shape index (κ3) is 10.4. The van der Waals surface area contributed by atoms with Gasteiger partial charge in [0.05, 0.1) is 40.5 Å². The van der Waals surface area contributed by atoms with E-state index in [2.05, 4.69) is 16.5 Å². The van der Waals surface area contributed by atoms with Crippen LogP contribution < -0.4 is 18.9 Å². The number of alkyl halides is 1. The van der Waals surface area contributed by atoms with E-state index in [-0.39, 0.29) is 5.91 Å². The fraction of sp³-hybridized carbons (Fsp3) is 0.571. The molecular weight excluding hydrogens is 644 g/mol. The molecule has 0 spiro atoms. The van der Waals surface area contributed by atoms with E-state index in [4.69, 9.17) is 33.5 Å². The third-order valence-corrected chi connectivity index (χ3v) is 8.52. The Kier molecular flexibility index (Phi) is 16.1. The zero-order valence-corrected chi connectivity index (χ0v) is 29.3. The topological polar surface area (TPSA) is 133 Å². The first-order valence-electron chi connectivity index (χ1n) is 16.2. The Morgan fingerprint density at radius 3 is 2.25 bits per heavy atom. The number of hydrogen-bond donors (Lipinski definition) is 1. The minimum Gasteiger partial charge on any atom is -0.493 e. The van der Waals surface area contributed by atoms with Crippen molar-refractivity contribution in [1.29, 1.82) is 0 Å². The minimum atomic E-state index is -1.08. The molecule has 266 valence electrons. The molecule has 3 atom stereocenters. The molecule has 0 bridgehead atoms. The number of carboxylic acid groups (broad SMARTS) is 1. The molecule has 0 aromatic heterocycles. The third-order valence-electron chi connectivity index (χ3n) is 8.52. The van der Waals surface area contributed by atoms with Gasteiger partial charge in [-0.2, -0.15) is 0 Å². The van der Waals surface area contributed by atoms with Crippen molar-refractivity contribution >= 4 is 29.4 Å². The molecule has 2 aromatic rings. The number of nitrogens with zero attached hydrogens (tertiary/aromatic N) is 2. The summed E-state index contributed by atoms with van der Waals surface area (Å²) < 4.78 is 33.7. The van der Waals surface area contributed by atoms with Gasteiger partial charge in [-0.25, -0.2) is 9.59 Å². The lowest BCUT2D eigenvalue weighted by Crippen LogP contribution is -2.50. The van der Waals surface area contributed by atoms with E-state index < -0.39 is 36.6 Å². The molecule has 4 rings (SSSR count). The molecule has 13 heteroatoms. The molecule has 2 aliphatic rings. The van der Waals surface area contributed by atoms with Crippen molar-refractivity contribution in [3.63, 3.8) is 0 Å². The molecule has 1 amide bonds. The van der Waals surface area contributed by atoms with E-state index in [1.807, 2.05) is 13.0 Å². The normalized spacial score (nSPS) is 17.6. The number of amides is 1. The standard InChI is InChI=1S/C34H46N2O10.CH3Cl/c1-5-26(24-20-29(41-2)32(43-4)30(21-24)42-3)33(39)36-13-7-6-11-27(36)34(40)46-28(12-14-35-15-17-44-18-16-35)23-9-8-10-25(19-23)45-22-31(37)38;1-2/h8-10,19-21,26-28H,5-7,11-18,22H2,1-4H3,(H,37,38);1H3/t26-,27-,28+;/m0./s1. The van der Waals surface area contributed by atoms with E-state index in [0.29, 0.717) is 79.7 Å². The van der Waals surface area contributed by atoms with Gasteiger partial charge in [0.15, 0.2) is 18.1 Å². The number of aliphatic carboxylic acids is 1. The second kappa shape index (κ2) is 19.9. The van der Waals surface area contributed by atoms with Gasteiger partial charge in [-0.05, 0) is 61.1 Å². The van der Waals surface area contributed by atoms with Gasteiger partial charge in [-0.3, -0.25) is 9.69 Å². The van der Waals surface area contributed by atoms with Crippen LogP contribution in [0.1, 0.15) is 62.2 Å². The summed E-state index contributed by atoms with van der Waals surface area (Å²) in [5, 5.41) is 9.06. The number of piperidine rings is 1. The molecule has 2 fully saturated rings. The number of halogens is 1. The number of carboxylic acids is 1. The first kappa shape index (κ1) is 38.7. The Morgan fingerprint density at radius 1 is 0.958 bits per heavy atom. The van der Waals surface area contributed by atoms with Crippen LogP contribution in [0.25, 0.3) is 0 Å². The molecule has 2 aromatic carbocycles. The SMILES string of the molecule is CC[C@H](C(=O)N1CCCC[C@H]1C(=O)O[C@H](CCN1CCOCC1)c1cccc(OCC(=O)O)c1)c1cc(OC)c(OC)c(OC)c1.CCl. The molecule has 2 heterocycles. The van der Waals surface area contributed by atoms with E-state index in [9.17, 15) is 14.4 Å². The van der Waals surface area contributed by atoms with Crippen molar-refractivity contribution in [1.82, 2.24) is 9.80 Å². The Morgan fingerprint density at radius 2 is 1.65 bits per heavy atom. The predicted molar refractivity (Wildman–Crippen MR) is 181 cm³/mol. The average molecular weight is 693 g/mol. The number of hydrogen-bond acceptors (Lipinski definition) is 10. The first-order valence-corrected chi connectivity index (χ1v) is 17.0. The Bertz CT molecular complexity index is 1310. The molecule has 0 aliphatic carbocycles. The van der Waals surface area contributed by atoms with Crippen LogP contribution in [0.2, 0.25) is 0 Å². The summed E-state index contributed by atoms with van der Waals surface area (Å²) >= 11 is 4.64. The second-order valence-electron chi connectivity index (χ2n) is 11.4. The summed E-state index contributed by atoms with van der Waals surface area (Å²) in [6.45, 7) is 5.43. The lowest BCUT2D eigenvalue weighted by atomic mass is 9.91. The van der Waals surface area contributed by atoms with E-state index in [0.717, 1.165) is 25.9 Å². The van der Waals surface area contributed by atoms with Gasteiger partial charge >= 0.3 is 11.9 Å². The molecule has 48 heavy (non-hydrogen) atoms. The zero-order chi connectivity index (χ0) is 35.1. The monoisotopic (exact) mass is 692 g/mol. The molecule has 12 nitrogen and oxygen atoms in total. The van der Waals surface area contributed by atoms with Crippen molar-refractivity contribution in [2.45, 2.75) is 57.1 Å². The van der Waals surface area contributed by atoms with Crippen molar-refractivity contribution in [2.24, 2.45) is 0 Å². The molecule has 0 saturated carbocycles. The van der Waals surface area contributed by atoms with Gasteiger partial charge < -0.3 is 38.4 Å². The largest absolute Gasteiger partial charge is 0.493 e. The maximum Gasteiger partial charge on any atom is 0.341 e. The van der Waals surface area contributed by atoms with E-state index >= 15 is 0 Å². The number of rotatable bonds is 15. The van der Waals surface area contributed by atoms with Crippen molar-refractivity contribution in [3.8, 4) is 23.0 Å². The van der Waals surface area contributed by atoms with Crippen LogP contribution in [0.3, 0.4) is 0 Å². The molecular formula is C35H49ClN2O10. The van der Waals surface area contributed by atoms with E-state index in [1.54, 1.807) is 35.2 Å². The number of carbonyl (C=O) groups is 3. The highest BCUT2D eigenvalue weighted by atomic mass is 35.5. The highest BCUT2D eigenvalue weighted by Gasteiger charge is 2.38. The van der Waals surface area contributed by atoms with Gasteiger partial charge in [0.2, 0.25) is 11.7 Å². The van der Waals surface area contributed by atoms with E-state index in [1.165, 1.54) is 27.7 Å². The average Bonchev–Trinajstić information content (AvgIpc) is 3.13. The van der Waals surface area contributed by atoms with Crippen LogP contribution in [-0.2, 0) is 23.9 Å². The van der Waals surface area contributed by atoms with Crippen LogP contribution in [0.5, 0.6) is 23.0 Å². The van der Waals surface area contributed by atoms with Gasteiger partial charge in [-0.1, -0.05) is 19.1 Å². The van der Waals surface area contributed by atoms with Crippen LogP contribution in [0.4, 0.5) is 0 Å². The molecule has 0 unspecified atom stereocenters. The summed E-state index contributed by atoms with van der Waals surface area (Å²) in [5.41, 5.74) is 1.41. The summed E-state index contributed by atoms with van der Waals surface area (Å²) in [6, 6.07) is 9.80. The zero-order valence-electron chi connectivity index (χ0n) is 28.6. The van der Waals surface area contributed by atoms with Gasteiger partial charge in [0.1, 0.15) is 17.9 Å². The molecule has 1 N–H and O–H groups in total. The summed E-state index contributed by atoms with van der Waals surface area (Å²) in [6.07, 6.45) is 3.93. The number of carbonyl (C=O) groups excluding carboxylic acids is 2. The van der Waals surface area contributed by atoms with Crippen molar-refractivity contribution in [2.75, 3.05) is 73.7 Å². The van der Waals surface area contributed by atoms with Crippen molar-refractivity contribution < 1.29 is 47.9 Å². The number of benzene rings is 2. The number of likely N-dealkylation sites (tertiary alicyclic amines) is 1. The number of ether oxygens (including phenoxy) is 6. The van der Waals surface area contributed by atoms with Gasteiger partial charge in [0.25, 0.3) is 0 Å². The Balaban J connectivity index is 0.00000307. The van der Waals surface area contributed by atoms with Crippen molar-refractivity contribution in [3.05, 3.63) is 47.5 Å². The van der Waals surface area contributed by atoms with Crippen LogP contribution in [0.15, 0.2) is 36.4 Å². The number of esters is 1. The second-order valence-corrected chi connectivity index (χ2v) is 11.4.